The summed E-state index contributed by atoms with van der Waals surface area (Å²) >= 11 is 0. The van der Waals surface area contributed by atoms with E-state index in [9.17, 15) is 4.79 Å². The maximum Gasteiger partial charge on any atom is 0.322 e. The molecule has 1 aliphatic rings. The molecule has 1 rings (SSSR count). The van der Waals surface area contributed by atoms with Gasteiger partial charge in [0, 0.05) is 6.54 Å². The summed E-state index contributed by atoms with van der Waals surface area (Å²) in [5.74, 6) is -0.244. The van der Waals surface area contributed by atoms with Crippen LogP contribution in [0.2, 0.25) is 0 Å². The highest BCUT2D eigenvalue weighted by Crippen LogP contribution is 2.04. The third kappa shape index (κ3) is 2.86. The first-order chi connectivity index (χ1) is 5.33. The SMILES string of the molecule is COC(=O)CN1CCCCO1. The van der Waals surface area contributed by atoms with Gasteiger partial charge in [0.25, 0.3) is 0 Å². The zero-order valence-corrected chi connectivity index (χ0v) is 6.71. The van der Waals surface area contributed by atoms with Crippen LogP contribution in [0.3, 0.4) is 0 Å². The molecule has 64 valence electrons. The van der Waals surface area contributed by atoms with Crippen molar-refractivity contribution < 1.29 is 14.4 Å². The first kappa shape index (κ1) is 8.49. The van der Waals surface area contributed by atoms with Gasteiger partial charge in [-0.05, 0) is 12.8 Å². The summed E-state index contributed by atoms with van der Waals surface area (Å²) in [6.45, 7) is 1.79. The smallest absolute Gasteiger partial charge is 0.322 e. The van der Waals surface area contributed by atoms with E-state index in [1.54, 1.807) is 5.06 Å². The quantitative estimate of drug-likeness (QED) is 0.539. The van der Waals surface area contributed by atoms with E-state index in [-0.39, 0.29) is 12.5 Å². The maximum atomic E-state index is 10.7. The van der Waals surface area contributed by atoms with Crippen molar-refractivity contribution in [1.82, 2.24) is 5.06 Å². The molecule has 4 nitrogen and oxygen atoms in total. The van der Waals surface area contributed by atoms with E-state index >= 15 is 0 Å². The summed E-state index contributed by atoms with van der Waals surface area (Å²) < 4.78 is 4.49. The van der Waals surface area contributed by atoms with Crippen LogP contribution >= 0.6 is 0 Å². The summed E-state index contributed by atoms with van der Waals surface area (Å²) in [4.78, 5) is 15.9. The van der Waals surface area contributed by atoms with Crippen molar-refractivity contribution in [2.45, 2.75) is 12.8 Å². The number of esters is 1. The highest BCUT2D eigenvalue weighted by Gasteiger charge is 2.14. The molecule has 0 aromatic rings. The number of methoxy groups -OCH3 is 1. The highest BCUT2D eigenvalue weighted by atomic mass is 16.7. The van der Waals surface area contributed by atoms with Gasteiger partial charge in [0.15, 0.2) is 0 Å². The third-order valence-electron chi connectivity index (χ3n) is 1.61. The lowest BCUT2D eigenvalue weighted by atomic mass is 10.3. The number of carbonyl (C=O) groups is 1. The van der Waals surface area contributed by atoms with Gasteiger partial charge in [-0.15, -0.1) is 0 Å². The van der Waals surface area contributed by atoms with Crippen LogP contribution in [0, 0.1) is 0 Å². The Hall–Kier alpha value is -0.610. The number of ether oxygens (including phenoxy) is 1. The van der Waals surface area contributed by atoms with E-state index in [0.29, 0.717) is 0 Å². The predicted molar refractivity (Wildman–Crippen MR) is 38.8 cm³/mol. The van der Waals surface area contributed by atoms with Crippen molar-refractivity contribution in [3.8, 4) is 0 Å². The largest absolute Gasteiger partial charge is 0.468 e. The number of hydroxylamine groups is 2. The van der Waals surface area contributed by atoms with Gasteiger partial charge in [-0.2, -0.15) is 5.06 Å². The molecular weight excluding hydrogens is 146 g/mol. The first-order valence-corrected chi connectivity index (χ1v) is 3.77. The lowest BCUT2D eigenvalue weighted by Gasteiger charge is -2.24. The number of hydrogen-bond acceptors (Lipinski definition) is 4. The molecule has 0 aromatic carbocycles. The molecule has 11 heavy (non-hydrogen) atoms. The van der Waals surface area contributed by atoms with Crippen molar-refractivity contribution in [3.05, 3.63) is 0 Å². The molecule has 0 radical (unpaired) electrons. The molecule has 0 saturated carbocycles. The van der Waals surface area contributed by atoms with Crippen molar-refractivity contribution in [2.75, 3.05) is 26.8 Å². The Bertz CT molecular complexity index is 132. The fourth-order valence-corrected chi connectivity index (χ4v) is 0.982. The molecule has 1 heterocycles. The van der Waals surface area contributed by atoms with Gasteiger partial charge >= 0.3 is 5.97 Å². The van der Waals surface area contributed by atoms with E-state index < -0.39 is 0 Å². The van der Waals surface area contributed by atoms with Gasteiger partial charge < -0.3 is 4.74 Å². The highest BCUT2D eigenvalue weighted by molar-refractivity contribution is 5.71. The lowest BCUT2D eigenvalue weighted by molar-refractivity contribution is -0.192. The Kier molecular flexibility index (Phi) is 3.32. The molecule has 0 aromatic heterocycles. The maximum absolute atomic E-state index is 10.7. The number of nitrogens with zero attached hydrogens (tertiary/aromatic N) is 1. The normalized spacial score (nSPS) is 19.7. The molecule has 0 bridgehead atoms. The van der Waals surface area contributed by atoms with Crippen LogP contribution in [0.1, 0.15) is 12.8 Å². The van der Waals surface area contributed by atoms with Gasteiger partial charge in [-0.25, -0.2) is 0 Å². The van der Waals surface area contributed by atoms with Crippen molar-refractivity contribution in [2.24, 2.45) is 0 Å². The van der Waals surface area contributed by atoms with Gasteiger partial charge in [0.05, 0.1) is 13.7 Å². The van der Waals surface area contributed by atoms with Crippen LogP contribution in [0.15, 0.2) is 0 Å². The van der Waals surface area contributed by atoms with E-state index in [1.807, 2.05) is 0 Å². The Morgan fingerprint density at radius 1 is 1.64 bits per heavy atom. The van der Waals surface area contributed by atoms with Crippen molar-refractivity contribution >= 4 is 5.97 Å². The second-order valence-electron chi connectivity index (χ2n) is 2.48. The van der Waals surface area contributed by atoms with Gasteiger partial charge in [-0.1, -0.05) is 0 Å². The molecule has 4 heteroatoms. The van der Waals surface area contributed by atoms with Gasteiger partial charge in [0.2, 0.25) is 0 Å². The minimum Gasteiger partial charge on any atom is -0.468 e. The van der Waals surface area contributed by atoms with Gasteiger partial charge in [0.1, 0.15) is 6.54 Å². The molecule has 0 amide bonds. The molecule has 0 N–H and O–H groups in total. The minimum absolute atomic E-state index is 0.244. The van der Waals surface area contributed by atoms with Crippen LogP contribution in [-0.4, -0.2) is 37.8 Å². The molecule has 1 saturated heterocycles. The Morgan fingerprint density at radius 2 is 2.45 bits per heavy atom. The summed E-state index contributed by atoms with van der Waals surface area (Å²) in [5, 5.41) is 1.65. The van der Waals surface area contributed by atoms with Crippen LogP contribution in [0.5, 0.6) is 0 Å². The molecule has 0 unspecified atom stereocenters. The fraction of sp³-hybridized carbons (Fsp3) is 0.857. The Morgan fingerprint density at radius 3 is 3.00 bits per heavy atom. The summed E-state index contributed by atoms with van der Waals surface area (Å²) in [7, 11) is 1.38. The summed E-state index contributed by atoms with van der Waals surface area (Å²) in [6.07, 6.45) is 2.18. The minimum atomic E-state index is -0.244. The number of rotatable bonds is 2. The second-order valence-corrected chi connectivity index (χ2v) is 2.48. The first-order valence-electron chi connectivity index (χ1n) is 3.77. The standard InChI is InChI=1S/C7H13NO3/c1-10-7(9)6-8-4-2-3-5-11-8/h2-6H2,1H3. The summed E-state index contributed by atoms with van der Waals surface area (Å²) in [6, 6.07) is 0. The molecular formula is C7H13NO3. The zero-order valence-electron chi connectivity index (χ0n) is 6.71. The van der Waals surface area contributed by atoms with E-state index in [4.69, 9.17) is 4.84 Å². The van der Waals surface area contributed by atoms with E-state index in [1.165, 1.54) is 7.11 Å². The number of carbonyl (C=O) groups excluding carboxylic acids is 1. The monoisotopic (exact) mass is 159 g/mol. The van der Waals surface area contributed by atoms with Crippen molar-refractivity contribution in [3.63, 3.8) is 0 Å². The van der Waals surface area contributed by atoms with E-state index in [2.05, 4.69) is 4.74 Å². The van der Waals surface area contributed by atoms with Crippen LogP contribution in [0.4, 0.5) is 0 Å². The van der Waals surface area contributed by atoms with Crippen LogP contribution in [-0.2, 0) is 14.4 Å². The molecule has 0 atom stereocenters. The van der Waals surface area contributed by atoms with Crippen molar-refractivity contribution in [1.29, 1.82) is 0 Å². The average Bonchev–Trinajstić information content (AvgIpc) is 2.06. The number of hydrogen-bond donors (Lipinski definition) is 0. The van der Waals surface area contributed by atoms with Crippen LogP contribution in [0.25, 0.3) is 0 Å². The average molecular weight is 159 g/mol. The molecule has 0 aliphatic carbocycles. The Labute approximate surface area is 66.0 Å². The lowest BCUT2D eigenvalue weighted by Crippen LogP contribution is -2.35. The topological polar surface area (TPSA) is 38.8 Å². The zero-order chi connectivity index (χ0) is 8.10. The Balaban J connectivity index is 2.19. The molecule has 0 spiro atoms. The van der Waals surface area contributed by atoms with E-state index in [0.717, 1.165) is 26.0 Å². The van der Waals surface area contributed by atoms with Gasteiger partial charge in [-0.3, -0.25) is 9.63 Å². The molecule has 1 aliphatic heterocycles. The third-order valence-corrected chi connectivity index (χ3v) is 1.61. The fourth-order valence-electron chi connectivity index (χ4n) is 0.982. The summed E-state index contributed by atoms with van der Waals surface area (Å²) in [5.41, 5.74) is 0. The molecule has 1 fully saturated rings. The predicted octanol–water partition coefficient (Wildman–Crippen LogP) is 0.187. The second kappa shape index (κ2) is 4.31. The van der Waals surface area contributed by atoms with Crippen LogP contribution < -0.4 is 0 Å².